The van der Waals surface area contributed by atoms with Crippen molar-refractivity contribution in [1.29, 1.82) is 0 Å². The van der Waals surface area contributed by atoms with E-state index in [0.717, 1.165) is 20.5 Å². The Morgan fingerprint density at radius 2 is 2.30 bits per heavy atom. The van der Waals surface area contributed by atoms with Crippen molar-refractivity contribution in [2.45, 2.75) is 23.4 Å². The molecular formula is C13H11ClFNO2S2. The summed E-state index contributed by atoms with van der Waals surface area (Å²) in [6.07, 6.45) is -0.0125. The molecule has 1 aromatic carbocycles. The molecule has 0 spiro atoms. The lowest BCUT2D eigenvalue weighted by molar-refractivity contribution is -0.136. The Bertz CT molecular complexity index is 645. The number of benzene rings is 1. The van der Waals surface area contributed by atoms with E-state index in [4.69, 9.17) is 16.7 Å². The average Bonchev–Trinajstić information content (AvgIpc) is 2.68. The zero-order valence-corrected chi connectivity index (χ0v) is 12.9. The number of aryl methyl sites for hydroxylation is 1. The number of hydrogen-bond acceptors (Lipinski definition) is 4. The van der Waals surface area contributed by atoms with Gasteiger partial charge in [-0.1, -0.05) is 29.4 Å². The molecule has 0 saturated carbocycles. The van der Waals surface area contributed by atoms with E-state index in [1.54, 1.807) is 13.0 Å². The van der Waals surface area contributed by atoms with Gasteiger partial charge in [0.25, 0.3) is 0 Å². The minimum absolute atomic E-state index is 0.0125. The Balaban J connectivity index is 2.05. The monoisotopic (exact) mass is 331 g/mol. The molecule has 20 heavy (non-hydrogen) atoms. The molecule has 106 valence electrons. The molecule has 0 aliphatic carbocycles. The highest BCUT2D eigenvalue weighted by molar-refractivity contribution is 8.00. The molecule has 0 fully saturated rings. The van der Waals surface area contributed by atoms with Crippen LogP contribution in [-0.4, -0.2) is 16.1 Å². The van der Waals surface area contributed by atoms with Gasteiger partial charge in [-0.2, -0.15) is 0 Å². The van der Waals surface area contributed by atoms with Crippen molar-refractivity contribution in [3.63, 3.8) is 0 Å². The number of thiazole rings is 1. The van der Waals surface area contributed by atoms with Crippen molar-refractivity contribution >= 4 is 40.7 Å². The molecule has 1 aromatic heterocycles. The predicted molar refractivity (Wildman–Crippen MR) is 79.2 cm³/mol. The first-order valence-electron chi connectivity index (χ1n) is 5.70. The molecule has 0 atom stereocenters. The van der Waals surface area contributed by atoms with Crippen LogP contribution in [0, 0.1) is 12.7 Å². The van der Waals surface area contributed by atoms with Crippen molar-refractivity contribution in [3.8, 4) is 0 Å². The number of carboxylic acids is 1. The summed E-state index contributed by atoms with van der Waals surface area (Å²) in [4.78, 5) is 15.8. The molecule has 3 nitrogen and oxygen atoms in total. The molecule has 7 heteroatoms. The number of halogens is 2. The van der Waals surface area contributed by atoms with Gasteiger partial charge in [0, 0.05) is 15.7 Å². The lowest BCUT2D eigenvalue weighted by atomic mass is 10.2. The van der Waals surface area contributed by atoms with Crippen LogP contribution in [0.4, 0.5) is 4.39 Å². The number of aromatic nitrogens is 1. The van der Waals surface area contributed by atoms with Crippen LogP contribution < -0.4 is 0 Å². The van der Waals surface area contributed by atoms with Gasteiger partial charge < -0.3 is 5.11 Å². The fraction of sp³-hybridized carbons (Fsp3) is 0.231. The van der Waals surface area contributed by atoms with Gasteiger partial charge in [-0.3, -0.25) is 4.79 Å². The lowest BCUT2D eigenvalue weighted by Crippen LogP contribution is -1.99. The van der Waals surface area contributed by atoms with Gasteiger partial charge in [0.15, 0.2) is 4.34 Å². The van der Waals surface area contributed by atoms with Crippen molar-refractivity contribution in [2.24, 2.45) is 0 Å². The molecule has 1 N–H and O–H groups in total. The molecule has 1 heterocycles. The maximum atomic E-state index is 12.9. The Kier molecular flexibility index (Phi) is 5.01. The van der Waals surface area contributed by atoms with E-state index < -0.39 is 5.97 Å². The summed E-state index contributed by atoms with van der Waals surface area (Å²) in [6, 6.07) is 4.29. The highest BCUT2D eigenvalue weighted by atomic mass is 35.5. The van der Waals surface area contributed by atoms with Gasteiger partial charge in [0.2, 0.25) is 0 Å². The summed E-state index contributed by atoms with van der Waals surface area (Å²) >= 11 is 8.79. The second-order valence-electron chi connectivity index (χ2n) is 4.08. The van der Waals surface area contributed by atoms with Crippen LogP contribution in [0.5, 0.6) is 0 Å². The van der Waals surface area contributed by atoms with Gasteiger partial charge in [-0.05, 0) is 24.6 Å². The molecule has 0 amide bonds. The molecule has 0 unspecified atom stereocenters. The quantitative estimate of drug-likeness (QED) is 0.836. The molecule has 0 aliphatic heterocycles. The molecule has 2 rings (SSSR count). The third-order valence-electron chi connectivity index (χ3n) is 2.55. The fourth-order valence-corrected chi connectivity index (χ4v) is 4.08. The van der Waals surface area contributed by atoms with E-state index in [-0.39, 0.29) is 12.2 Å². The van der Waals surface area contributed by atoms with E-state index in [0.29, 0.717) is 10.8 Å². The van der Waals surface area contributed by atoms with Crippen molar-refractivity contribution < 1.29 is 14.3 Å². The van der Waals surface area contributed by atoms with Crippen LogP contribution in [0.2, 0.25) is 5.02 Å². The third kappa shape index (κ3) is 3.94. The summed E-state index contributed by atoms with van der Waals surface area (Å²) in [5.41, 5.74) is 1.57. The zero-order valence-electron chi connectivity index (χ0n) is 10.5. The Labute approximate surface area is 128 Å². The van der Waals surface area contributed by atoms with Gasteiger partial charge in [-0.15, -0.1) is 11.3 Å². The Morgan fingerprint density at radius 3 is 2.95 bits per heavy atom. The SMILES string of the molecule is Cc1nc(SCc2ccc(F)cc2Cl)sc1CC(=O)O. The molecule has 0 radical (unpaired) electrons. The van der Waals surface area contributed by atoms with E-state index in [9.17, 15) is 9.18 Å². The van der Waals surface area contributed by atoms with Crippen molar-refractivity contribution in [2.75, 3.05) is 0 Å². The summed E-state index contributed by atoms with van der Waals surface area (Å²) in [5.74, 6) is -0.661. The number of rotatable bonds is 5. The Hall–Kier alpha value is -1.11. The van der Waals surface area contributed by atoms with Gasteiger partial charge in [0.1, 0.15) is 5.82 Å². The summed E-state index contributed by atoms with van der Waals surface area (Å²) in [7, 11) is 0. The number of carboxylic acid groups (broad SMARTS) is 1. The largest absolute Gasteiger partial charge is 0.481 e. The second kappa shape index (κ2) is 6.56. The first-order valence-corrected chi connectivity index (χ1v) is 7.88. The average molecular weight is 332 g/mol. The number of hydrogen-bond donors (Lipinski definition) is 1. The fourth-order valence-electron chi connectivity index (χ4n) is 1.54. The highest BCUT2D eigenvalue weighted by Gasteiger charge is 2.12. The topological polar surface area (TPSA) is 50.2 Å². The van der Waals surface area contributed by atoms with Crippen LogP contribution in [0.3, 0.4) is 0 Å². The van der Waals surface area contributed by atoms with Crippen molar-refractivity contribution in [3.05, 3.63) is 45.2 Å². The maximum absolute atomic E-state index is 12.9. The van der Waals surface area contributed by atoms with Crippen LogP contribution >= 0.6 is 34.7 Å². The van der Waals surface area contributed by atoms with E-state index >= 15 is 0 Å². The van der Waals surface area contributed by atoms with E-state index in [1.807, 2.05) is 0 Å². The first-order chi connectivity index (χ1) is 9.45. The maximum Gasteiger partial charge on any atom is 0.308 e. The van der Waals surface area contributed by atoms with Gasteiger partial charge in [-0.25, -0.2) is 9.37 Å². The Morgan fingerprint density at radius 1 is 1.55 bits per heavy atom. The van der Waals surface area contributed by atoms with Crippen LogP contribution in [0.25, 0.3) is 0 Å². The standard InChI is InChI=1S/C13H11ClFNO2S2/c1-7-11(5-12(17)18)20-13(16-7)19-6-8-2-3-9(15)4-10(8)14/h2-4H,5-6H2,1H3,(H,17,18). The van der Waals surface area contributed by atoms with E-state index in [2.05, 4.69) is 4.98 Å². The van der Waals surface area contributed by atoms with E-state index in [1.165, 1.54) is 35.2 Å². The predicted octanol–water partition coefficient (Wildman–Crippen LogP) is 4.16. The van der Waals surface area contributed by atoms with Crippen LogP contribution in [-0.2, 0) is 17.0 Å². The van der Waals surface area contributed by atoms with Crippen LogP contribution in [0.1, 0.15) is 16.1 Å². The minimum atomic E-state index is -0.866. The number of aliphatic carboxylic acids is 1. The second-order valence-corrected chi connectivity index (χ2v) is 6.80. The summed E-state index contributed by atoms with van der Waals surface area (Å²) < 4.78 is 13.7. The van der Waals surface area contributed by atoms with Gasteiger partial charge in [0.05, 0.1) is 12.1 Å². The lowest BCUT2D eigenvalue weighted by Gasteiger charge is -2.02. The zero-order chi connectivity index (χ0) is 14.7. The smallest absolute Gasteiger partial charge is 0.308 e. The number of carbonyl (C=O) groups is 1. The third-order valence-corrected chi connectivity index (χ3v) is 5.25. The summed E-state index contributed by atoms with van der Waals surface area (Å²) in [6.45, 7) is 1.80. The minimum Gasteiger partial charge on any atom is -0.481 e. The highest BCUT2D eigenvalue weighted by Crippen LogP contribution is 2.31. The normalized spacial score (nSPS) is 10.8. The molecule has 2 aromatic rings. The first kappa shape index (κ1) is 15.3. The van der Waals surface area contributed by atoms with Crippen LogP contribution in [0.15, 0.2) is 22.5 Å². The van der Waals surface area contributed by atoms with Crippen molar-refractivity contribution in [1.82, 2.24) is 4.98 Å². The molecule has 0 bridgehead atoms. The summed E-state index contributed by atoms with van der Waals surface area (Å²) in [5, 5.41) is 9.18. The molecular weight excluding hydrogens is 321 g/mol. The number of nitrogens with zero attached hydrogens (tertiary/aromatic N) is 1. The van der Waals surface area contributed by atoms with Gasteiger partial charge >= 0.3 is 5.97 Å². The molecule has 0 aliphatic rings. The molecule has 0 saturated heterocycles. The number of thioether (sulfide) groups is 1.